The Morgan fingerprint density at radius 3 is 2.38 bits per heavy atom. The van der Waals surface area contributed by atoms with Gasteiger partial charge in [-0.3, -0.25) is 9.69 Å². The summed E-state index contributed by atoms with van der Waals surface area (Å²) >= 11 is 12.3. The van der Waals surface area contributed by atoms with E-state index in [1.807, 2.05) is 29.2 Å². The molecule has 0 aromatic heterocycles. The predicted octanol–water partition coefficient (Wildman–Crippen LogP) is 3.61. The SMILES string of the molecule is CN1CCC(CN2CCN(C(=O)COC[C@@H]3Cc4ccccc4CN3S(=O)(=O)c3ccc(Cl)cc3Cl)CC2)CC1. The molecule has 11 heteroatoms. The third-order valence-corrected chi connectivity index (χ3v) is 11.0. The Morgan fingerprint density at radius 1 is 0.975 bits per heavy atom. The van der Waals surface area contributed by atoms with Crippen LogP contribution in [0.2, 0.25) is 10.0 Å². The van der Waals surface area contributed by atoms with Crippen molar-refractivity contribution in [1.29, 1.82) is 0 Å². The van der Waals surface area contributed by atoms with Crippen molar-refractivity contribution < 1.29 is 17.9 Å². The van der Waals surface area contributed by atoms with Crippen LogP contribution in [0.1, 0.15) is 24.0 Å². The Kier molecular flexibility index (Phi) is 9.72. The van der Waals surface area contributed by atoms with Gasteiger partial charge in [0.05, 0.1) is 17.7 Å². The lowest BCUT2D eigenvalue weighted by molar-refractivity contribution is -0.138. The minimum atomic E-state index is -3.93. The van der Waals surface area contributed by atoms with E-state index in [1.54, 1.807) is 0 Å². The number of ether oxygens (including phenoxy) is 1. The van der Waals surface area contributed by atoms with E-state index in [0.29, 0.717) is 24.5 Å². The molecule has 0 aliphatic carbocycles. The van der Waals surface area contributed by atoms with Crippen LogP contribution in [-0.4, -0.2) is 105 Å². The van der Waals surface area contributed by atoms with Gasteiger partial charge in [-0.05, 0) is 74.6 Å². The molecule has 218 valence electrons. The van der Waals surface area contributed by atoms with Crippen LogP contribution in [0.3, 0.4) is 0 Å². The molecule has 3 aliphatic rings. The Labute approximate surface area is 247 Å². The van der Waals surface area contributed by atoms with E-state index in [-0.39, 0.29) is 35.6 Å². The lowest BCUT2D eigenvalue weighted by Crippen LogP contribution is -2.51. The van der Waals surface area contributed by atoms with Gasteiger partial charge in [-0.15, -0.1) is 0 Å². The monoisotopic (exact) mass is 608 g/mol. The maximum absolute atomic E-state index is 13.7. The molecule has 3 heterocycles. The van der Waals surface area contributed by atoms with Gasteiger partial charge < -0.3 is 14.5 Å². The lowest BCUT2D eigenvalue weighted by Gasteiger charge is -2.38. The second-order valence-corrected chi connectivity index (χ2v) is 13.9. The standard InChI is InChI=1S/C29H38Cl2N4O4S/c1-32-10-8-22(9-11-32)18-33-12-14-34(15-13-33)29(36)21-39-20-26-16-23-4-2-3-5-24(23)19-35(26)40(37,38)28-7-6-25(30)17-27(28)31/h2-7,17,22,26H,8-16,18-21H2,1H3/t26-/m0/s1. The fourth-order valence-corrected chi connectivity index (χ4v) is 8.30. The summed E-state index contributed by atoms with van der Waals surface area (Å²) in [6.07, 6.45) is 2.97. The molecule has 2 aromatic rings. The van der Waals surface area contributed by atoms with Crippen LogP contribution in [0.25, 0.3) is 0 Å². The third-order valence-electron chi connectivity index (χ3n) is 8.40. The number of hydrogen-bond acceptors (Lipinski definition) is 6. The van der Waals surface area contributed by atoms with Gasteiger partial charge in [-0.2, -0.15) is 4.31 Å². The van der Waals surface area contributed by atoms with E-state index < -0.39 is 16.1 Å². The normalized spacial score (nSPS) is 21.9. The van der Waals surface area contributed by atoms with Crippen LogP contribution < -0.4 is 0 Å². The van der Waals surface area contributed by atoms with Gasteiger partial charge in [0, 0.05) is 44.3 Å². The summed E-state index contributed by atoms with van der Waals surface area (Å²) in [6, 6.07) is 11.7. The highest BCUT2D eigenvalue weighted by molar-refractivity contribution is 7.89. The molecule has 0 unspecified atom stereocenters. The van der Waals surface area contributed by atoms with Crippen molar-refractivity contribution >= 4 is 39.1 Å². The number of benzene rings is 2. The predicted molar refractivity (Wildman–Crippen MR) is 157 cm³/mol. The molecule has 0 bridgehead atoms. The van der Waals surface area contributed by atoms with Gasteiger partial charge in [-0.25, -0.2) is 8.42 Å². The maximum atomic E-state index is 13.7. The molecular formula is C29H38Cl2N4O4S. The van der Waals surface area contributed by atoms with E-state index in [4.69, 9.17) is 27.9 Å². The van der Waals surface area contributed by atoms with Crippen LogP contribution in [0.5, 0.6) is 0 Å². The van der Waals surface area contributed by atoms with Gasteiger partial charge >= 0.3 is 0 Å². The molecule has 5 rings (SSSR count). The average Bonchev–Trinajstić information content (AvgIpc) is 2.94. The fraction of sp³-hybridized carbons (Fsp3) is 0.552. The summed E-state index contributed by atoms with van der Waals surface area (Å²) in [7, 11) is -1.75. The molecule has 0 spiro atoms. The van der Waals surface area contributed by atoms with E-state index in [1.165, 1.54) is 48.4 Å². The summed E-state index contributed by atoms with van der Waals surface area (Å²) in [6.45, 7) is 6.84. The smallest absolute Gasteiger partial charge is 0.248 e. The van der Waals surface area contributed by atoms with E-state index >= 15 is 0 Å². The maximum Gasteiger partial charge on any atom is 0.248 e. The van der Waals surface area contributed by atoms with Gasteiger partial charge in [-0.1, -0.05) is 47.5 Å². The largest absolute Gasteiger partial charge is 0.370 e. The van der Waals surface area contributed by atoms with E-state index in [9.17, 15) is 13.2 Å². The molecule has 1 amide bonds. The molecule has 3 aliphatic heterocycles. The summed E-state index contributed by atoms with van der Waals surface area (Å²) in [5.74, 6) is 0.690. The Hall–Kier alpha value is -1.72. The number of hydrogen-bond donors (Lipinski definition) is 0. The van der Waals surface area contributed by atoms with E-state index in [0.717, 1.165) is 36.7 Å². The minimum Gasteiger partial charge on any atom is -0.370 e. The summed E-state index contributed by atoms with van der Waals surface area (Å²) in [5.41, 5.74) is 2.03. The average molecular weight is 610 g/mol. The van der Waals surface area contributed by atoms with Crippen LogP contribution >= 0.6 is 23.2 Å². The molecule has 0 radical (unpaired) electrons. The zero-order valence-corrected chi connectivity index (χ0v) is 25.3. The first-order valence-corrected chi connectivity index (χ1v) is 16.2. The number of likely N-dealkylation sites (tertiary alicyclic amines) is 1. The van der Waals surface area contributed by atoms with Crippen LogP contribution in [-0.2, 0) is 32.5 Å². The molecule has 2 fully saturated rings. The van der Waals surface area contributed by atoms with Gasteiger partial charge in [0.15, 0.2) is 0 Å². The number of piperidine rings is 1. The van der Waals surface area contributed by atoms with Crippen molar-refractivity contribution in [1.82, 2.24) is 19.0 Å². The van der Waals surface area contributed by atoms with Crippen molar-refractivity contribution in [2.75, 3.05) is 66.1 Å². The minimum absolute atomic E-state index is 0.0112. The Bertz CT molecular complexity index is 1290. The van der Waals surface area contributed by atoms with Crippen molar-refractivity contribution in [3.63, 3.8) is 0 Å². The lowest BCUT2D eigenvalue weighted by atomic mass is 9.96. The fourth-order valence-electron chi connectivity index (χ4n) is 5.96. The first-order chi connectivity index (χ1) is 19.2. The summed E-state index contributed by atoms with van der Waals surface area (Å²) in [5, 5.41) is 0.449. The van der Waals surface area contributed by atoms with Gasteiger partial charge in [0.25, 0.3) is 0 Å². The second-order valence-electron chi connectivity index (χ2n) is 11.2. The van der Waals surface area contributed by atoms with Crippen molar-refractivity contribution in [3.05, 3.63) is 63.6 Å². The zero-order valence-electron chi connectivity index (χ0n) is 23.0. The molecule has 0 saturated carbocycles. The molecule has 2 aromatic carbocycles. The van der Waals surface area contributed by atoms with Crippen molar-refractivity contribution in [2.45, 2.75) is 36.7 Å². The van der Waals surface area contributed by atoms with Crippen molar-refractivity contribution in [3.8, 4) is 0 Å². The van der Waals surface area contributed by atoms with Gasteiger partial charge in [0.2, 0.25) is 15.9 Å². The number of halogens is 2. The molecule has 1 atom stereocenters. The topological polar surface area (TPSA) is 73.4 Å². The molecule has 2 saturated heterocycles. The number of rotatable bonds is 8. The highest BCUT2D eigenvalue weighted by Crippen LogP contribution is 2.33. The van der Waals surface area contributed by atoms with Crippen LogP contribution in [0, 0.1) is 5.92 Å². The number of piperazine rings is 1. The number of sulfonamides is 1. The first-order valence-electron chi connectivity index (χ1n) is 14.0. The molecule has 8 nitrogen and oxygen atoms in total. The Balaban J connectivity index is 1.17. The number of carbonyl (C=O) groups excluding carboxylic acids is 1. The van der Waals surface area contributed by atoms with Crippen LogP contribution in [0.4, 0.5) is 0 Å². The first kappa shape index (κ1) is 29.8. The number of carbonyl (C=O) groups is 1. The third kappa shape index (κ3) is 7.01. The van der Waals surface area contributed by atoms with Crippen LogP contribution in [0.15, 0.2) is 47.4 Å². The van der Waals surface area contributed by atoms with Gasteiger partial charge in [0.1, 0.15) is 11.5 Å². The summed E-state index contributed by atoms with van der Waals surface area (Å²) in [4.78, 5) is 19.7. The number of fused-ring (bicyclic) bond motifs is 1. The molecular weight excluding hydrogens is 571 g/mol. The highest BCUT2D eigenvalue weighted by atomic mass is 35.5. The number of nitrogens with zero attached hydrogens (tertiary/aromatic N) is 4. The van der Waals surface area contributed by atoms with Crippen molar-refractivity contribution in [2.24, 2.45) is 5.92 Å². The quantitative estimate of drug-likeness (QED) is 0.456. The molecule has 40 heavy (non-hydrogen) atoms. The highest BCUT2D eigenvalue weighted by Gasteiger charge is 2.37. The second kappa shape index (κ2) is 13.1. The van der Waals surface area contributed by atoms with E-state index in [2.05, 4.69) is 16.8 Å². The zero-order chi connectivity index (χ0) is 28.3. The molecule has 0 N–H and O–H groups in total. The summed E-state index contributed by atoms with van der Waals surface area (Å²) < 4.78 is 34.8. The Morgan fingerprint density at radius 2 is 1.68 bits per heavy atom. The number of amides is 1.